The smallest absolute Gasteiger partial charge is 0.0732 e. The summed E-state index contributed by atoms with van der Waals surface area (Å²) in [4.78, 5) is 2.30. The van der Waals surface area contributed by atoms with Crippen molar-refractivity contribution in [2.45, 2.75) is 25.0 Å². The Bertz CT molecular complexity index is 151. The molecule has 0 aromatic carbocycles. The fourth-order valence-corrected chi connectivity index (χ4v) is 2.44. The average molecular weight is 157 g/mol. The van der Waals surface area contributed by atoms with Gasteiger partial charge in [0.2, 0.25) is 0 Å². The van der Waals surface area contributed by atoms with Gasteiger partial charge in [0, 0.05) is 25.1 Å². The van der Waals surface area contributed by atoms with Crippen molar-refractivity contribution in [3.63, 3.8) is 0 Å². The maximum absolute atomic E-state index is 9.49. The summed E-state index contributed by atoms with van der Waals surface area (Å²) in [6, 6.07) is 0.468. The molecule has 0 amide bonds. The van der Waals surface area contributed by atoms with Crippen molar-refractivity contribution in [2.24, 2.45) is 5.92 Å². The highest BCUT2D eigenvalue weighted by Gasteiger charge is 2.42. The van der Waals surface area contributed by atoms with E-state index in [0.717, 1.165) is 19.5 Å². The van der Waals surface area contributed by atoms with Gasteiger partial charge in [0.05, 0.1) is 6.10 Å². The summed E-state index contributed by atoms with van der Waals surface area (Å²) in [7, 11) is 0. The molecule has 64 valence electrons. The summed E-state index contributed by atoms with van der Waals surface area (Å²) in [5.74, 6) is 0.123. The SMILES string of the molecule is OC[C@H]1[C@@H](O)CN2CCC[C@@H]12. The molecule has 0 spiro atoms. The summed E-state index contributed by atoms with van der Waals surface area (Å²) in [6.45, 7) is 2.02. The fraction of sp³-hybridized carbons (Fsp3) is 1.00. The molecule has 2 aliphatic heterocycles. The normalized spacial score (nSPS) is 44.7. The van der Waals surface area contributed by atoms with E-state index in [1.165, 1.54) is 6.42 Å². The molecule has 3 nitrogen and oxygen atoms in total. The first-order valence-electron chi connectivity index (χ1n) is 4.36. The zero-order valence-corrected chi connectivity index (χ0v) is 6.61. The number of rotatable bonds is 1. The first-order chi connectivity index (χ1) is 5.33. The van der Waals surface area contributed by atoms with Crippen molar-refractivity contribution in [3.8, 4) is 0 Å². The Morgan fingerprint density at radius 1 is 1.45 bits per heavy atom. The largest absolute Gasteiger partial charge is 0.396 e. The van der Waals surface area contributed by atoms with Crippen molar-refractivity contribution >= 4 is 0 Å². The molecule has 3 atom stereocenters. The van der Waals surface area contributed by atoms with E-state index in [2.05, 4.69) is 4.90 Å². The summed E-state index contributed by atoms with van der Waals surface area (Å²) >= 11 is 0. The zero-order valence-electron chi connectivity index (χ0n) is 6.61. The van der Waals surface area contributed by atoms with Gasteiger partial charge in [0.1, 0.15) is 0 Å². The molecule has 0 radical (unpaired) electrons. The highest BCUT2D eigenvalue weighted by molar-refractivity contribution is 4.96. The minimum atomic E-state index is -0.287. The van der Waals surface area contributed by atoms with Crippen LogP contribution in [0.2, 0.25) is 0 Å². The summed E-state index contributed by atoms with van der Waals surface area (Å²) in [6.07, 6.45) is 2.10. The lowest BCUT2D eigenvalue weighted by atomic mass is 9.97. The lowest BCUT2D eigenvalue weighted by Crippen LogP contribution is -2.28. The molecule has 2 rings (SSSR count). The van der Waals surface area contributed by atoms with E-state index in [-0.39, 0.29) is 18.6 Å². The zero-order chi connectivity index (χ0) is 7.84. The molecule has 11 heavy (non-hydrogen) atoms. The summed E-state index contributed by atoms with van der Waals surface area (Å²) in [5.41, 5.74) is 0. The Morgan fingerprint density at radius 2 is 2.27 bits per heavy atom. The number of fused-ring (bicyclic) bond motifs is 1. The second-order valence-electron chi connectivity index (χ2n) is 3.62. The quantitative estimate of drug-likeness (QED) is 0.536. The second kappa shape index (κ2) is 2.73. The van der Waals surface area contributed by atoms with Gasteiger partial charge < -0.3 is 10.2 Å². The minimum absolute atomic E-state index is 0.123. The Morgan fingerprint density at radius 3 is 3.00 bits per heavy atom. The van der Waals surface area contributed by atoms with Gasteiger partial charge in [0.25, 0.3) is 0 Å². The lowest BCUT2D eigenvalue weighted by Gasteiger charge is -2.18. The van der Waals surface area contributed by atoms with E-state index in [1.807, 2.05) is 0 Å². The highest BCUT2D eigenvalue weighted by atomic mass is 16.3. The fourth-order valence-electron chi connectivity index (χ4n) is 2.44. The molecule has 0 saturated carbocycles. The Kier molecular flexibility index (Phi) is 1.87. The van der Waals surface area contributed by atoms with Crippen LogP contribution >= 0.6 is 0 Å². The average Bonchev–Trinajstić information content (AvgIpc) is 2.46. The van der Waals surface area contributed by atoms with Crippen molar-refractivity contribution < 1.29 is 10.2 Å². The molecule has 2 fully saturated rings. The maximum Gasteiger partial charge on any atom is 0.0732 e. The minimum Gasteiger partial charge on any atom is -0.396 e. The molecule has 0 bridgehead atoms. The van der Waals surface area contributed by atoms with E-state index in [4.69, 9.17) is 5.11 Å². The van der Waals surface area contributed by atoms with Gasteiger partial charge >= 0.3 is 0 Å². The van der Waals surface area contributed by atoms with Crippen LogP contribution in [0, 0.1) is 5.92 Å². The van der Waals surface area contributed by atoms with Gasteiger partial charge in [-0.2, -0.15) is 0 Å². The van der Waals surface area contributed by atoms with Crippen LogP contribution in [0.5, 0.6) is 0 Å². The number of nitrogens with zero attached hydrogens (tertiary/aromatic N) is 1. The van der Waals surface area contributed by atoms with Crippen LogP contribution in [0.1, 0.15) is 12.8 Å². The van der Waals surface area contributed by atoms with Crippen molar-refractivity contribution in [1.29, 1.82) is 0 Å². The van der Waals surface area contributed by atoms with E-state index in [9.17, 15) is 5.11 Å². The van der Waals surface area contributed by atoms with E-state index in [1.54, 1.807) is 0 Å². The topological polar surface area (TPSA) is 43.7 Å². The molecule has 0 aromatic heterocycles. The van der Waals surface area contributed by atoms with Crippen molar-refractivity contribution in [3.05, 3.63) is 0 Å². The predicted octanol–water partition coefficient (Wildman–Crippen LogP) is -0.566. The number of hydrogen-bond donors (Lipinski definition) is 2. The maximum atomic E-state index is 9.49. The van der Waals surface area contributed by atoms with Gasteiger partial charge in [-0.3, -0.25) is 4.90 Å². The molecule has 2 heterocycles. The van der Waals surface area contributed by atoms with Gasteiger partial charge in [-0.1, -0.05) is 0 Å². The van der Waals surface area contributed by atoms with Gasteiger partial charge in [-0.25, -0.2) is 0 Å². The number of aliphatic hydroxyl groups is 2. The van der Waals surface area contributed by atoms with Gasteiger partial charge in [-0.15, -0.1) is 0 Å². The first-order valence-corrected chi connectivity index (χ1v) is 4.36. The lowest BCUT2D eigenvalue weighted by molar-refractivity contribution is 0.0903. The third-order valence-corrected chi connectivity index (χ3v) is 3.04. The molecule has 3 heteroatoms. The molecule has 2 N–H and O–H groups in total. The van der Waals surface area contributed by atoms with E-state index < -0.39 is 0 Å². The monoisotopic (exact) mass is 157 g/mol. The van der Waals surface area contributed by atoms with Crippen LogP contribution in [0.15, 0.2) is 0 Å². The van der Waals surface area contributed by atoms with Gasteiger partial charge in [0.15, 0.2) is 0 Å². The molecule has 2 saturated heterocycles. The van der Waals surface area contributed by atoms with Crippen LogP contribution in [-0.4, -0.2) is 47.0 Å². The van der Waals surface area contributed by atoms with Gasteiger partial charge in [-0.05, 0) is 19.4 Å². The van der Waals surface area contributed by atoms with Crippen LogP contribution in [0.25, 0.3) is 0 Å². The van der Waals surface area contributed by atoms with Crippen LogP contribution < -0.4 is 0 Å². The first kappa shape index (κ1) is 7.53. The highest BCUT2D eigenvalue weighted by Crippen LogP contribution is 2.32. The Labute approximate surface area is 66.6 Å². The molecule has 0 aromatic rings. The molecule has 0 unspecified atom stereocenters. The van der Waals surface area contributed by atoms with Crippen molar-refractivity contribution in [2.75, 3.05) is 19.7 Å². The molecular weight excluding hydrogens is 142 g/mol. The second-order valence-corrected chi connectivity index (χ2v) is 3.62. The summed E-state index contributed by atoms with van der Waals surface area (Å²) < 4.78 is 0. The van der Waals surface area contributed by atoms with Crippen LogP contribution in [0.4, 0.5) is 0 Å². The third-order valence-electron chi connectivity index (χ3n) is 3.04. The van der Waals surface area contributed by atoms with E-state index in [0.29, 0.717) is 6.04 Å². The standard InChI is InChI=1S/C8H15NO2/c10-5-6-7-2-1-3-9(7)4-8(6)11/h6-8,10-11H,1-5H2/t6-,7+,8+/m1/s1. The number of hydrogen-bond acceptors (Lipinski definition) is 3. The van der Waals surface area contributed by atoms with Crippen LogP contribution in [0.3, 0.4) is 0 Å². The summed E-state index contributed by atoms with van der Waals surface area (Å²) in [5, 5.41) is 18.5. The molecule has 2 aliphatic rings. The van der Waals surface area contributed by atoms with E-state index >= 15 is 0 Å². The van der Waals surface area contributed by atoms with Crippen LogP contribution in [-0.2, 0) is 0 Å². The third kappa shape index (κ3) is 1.08. The Hall–Kier alpha value is -0.120. The Balaban J connectivity index is 2.07. The van der Waals surface area contributed by atoms with Crippen molar-refractivity contribution in [1.82, 2.24) is 4.90 Å². The predicted molar refractivity (Wildman–Crippen MR) is 41.2 cm³/mol. The molecular formula is C8H15NO2. The molecule has 0 aliphatic carbocycles. The number of aliphatic hydroxyl groups excluding tert-OH is 2.